The van der Waals surface area contributed by atoms with Crippen molar-refractivity contribution < 1.29 is 30.7 Å². The van der Waals surface area contributed by atoms with E-state index >= 15 is 0 Å². The van der Waals surface area contributed by atoms with E-state index in [0.717, 1.165) is 18.2 Å². The van der Waals surface area contributed by atoms with Crippen molar-refractivity contribution >= 4 is 16.0 Å². The van der Waals surface area contributed by atoms with Gasteiger partial charge in [-0.3, -0.25) is 0 Å². The number of nitrogens with one attached hydrogen (secondary N) is 1. The fraction of sp³-hybridized carbons (Fsp3) is 0.160. The third-order valence-corrected chi connectivity index (χ3v) is 7.25. The van der Waals surface area contributed by atoms with Crippen LogP contribution in [0.25, 0.3) is 11.1 Å². The Bertz CT molecular complexity index is 1550. The first-order valence-electron chi connectivity index (χ1n) is 11.0. The number of halogens is 4. The molecule has 0 saturated heterocycles. The number of pyridine rings is 1. The zero-order valence-electron chi connectivity index (χ0n) is 18.9. The lowest BCUT2D eigenvalue weighted by molar-refractivity contribution is -0.137. The summed E-state index contributed by atoms with van der Waals surface area (Å²) in [5, 5.41) is 0. The number of benzene rings is 2. The quantitative estimate of drug-likeness (QED) is 0.274. The number of anilines is 1. The van der Waals surface area contributed by atoms with Crippen LogP contribution in [0.1, 0.15) is 29.0 Å². The Hall–Kier alpha value is -4.06. The normalized spacial score (nSPS) is 15.5. The van der Waals surface area contributed by atoms with Crippen molar-refractivity contribution in [2.24, 2.45) is 0 Å². The summed E-state index contributed by atoms with van der Waals surface area (Å²) in [6.07, 6.45) is -0.176. The van der Waals surface area contributed by atoms with Gasteiger partial charge in [0.15, 0.2) is 0 Å². The highest BCUT2D eigenvalue weighted by atomic mass is 32.2. The van der Waals surface area contributed by atoms with E-state index in [2.05, 4.69) is 19.7 Å². The molecular weight excluding hydrogens is 512 g/mol. The van der Waals surface area contributed by atoms with E-state index in [0.29, 0.717) is 23.1 Å². The van der Waals surface area contributed by atoms with Gasteiger partial charge in [0.05, 0.1) is 17.1 Å². The lowest BCUT2D eigenvalue weighted by atomic mass is 9.82. The maximum atomic E-state index is 13.5. The van der Waals surface area contributed by atoms with Crippen LogP contribution < -0.4 is 9.46 Å². The van der Waals surface area contributed by atoms with Gasteiger partial charge in [0.1, 0.15) is 5.75 Å². The highest BCUT2D eigenvalue weighted by Gasteiger charge is 2.33. The Morgan fingerprint density at radius 3 is 2.41 bits per heavy atom. The monoisotopic (exact) mass is 530 g/mol. The van der Waals surface area contributed by atoms with Crippen LogP contribution in [0.15, 0.2) is 78.1 Å². The number of hydrogen-bond donors (Lipinski definition) is 1. The number of sulfonamides is 1. The molecule has 7 nitrogen and oxygen atoms in total. The molecule has 12 heteroatoms. The first-order valence-corrected chi connectivity index (χ1v) is 12.5. The summed E-state index contributed by atoms with van der Waals surface area (Å²) >= 11 is 0. The molecule has 37 heavy (non-hydrogen) atoms. The van der Waals surface area contributed by atoms with Gasteiger partial charge >= 0.3 is 6.18 Å². The van der Waals surface area contributed by atoms with Crippen molar-refractivity contribution in [2.75, 3.05) is 11.3 Å². The van der Waals surface area contributed by atoms with Crippen LogP contribution in [0.2, 0.25) is 0 Å². The van der Waals surface area contributed by atoms with E-state index in [1.165, 1.54) is 42.9 Å². The SMILES string of the molecule is O=S(=O)(Nc1ncccn1)c1ccc2c(c1)OCC[C@H]2c1ccc(C(F)(F)F)cc1-c1ccc(F)nc1. The van der Waals surface area contributed by atoms with Crippen LogP contribution in [-0.4, -0.2) is 30.0 Å². The number of hydrogen-bond acceptors (Lipinski definition) is 6. The van der Waals surface area contributed by atoms with Crippen LogP contribution in [0, 0.1) is 5.95 Å². The highest BCUT2D eigenvalue weighted by Crippen LogP contribution is 2.44. The fourth-order valence-corrected chi connectivity index (χ4v) is 5.19. The number of rotatable bonds is 5. The smallest absolute Gasteiger partial charge is 0.416 e. The van der Waals surface area contributed by atoms with Gasteiger partial charge in [-0.05, 0) is 53.9 Å². The number of ether oxygens (including phenoxy) is 1. The Kier molecular flexibility index (Phi) is 6.28. The summed E-state index contributed by atoms with van der Waals surface area (Å²) in [5.41, 5.74) is 0.884. The summed E-state index contributed by atoms with van der Waals surface area (Å²) < 4.78 is 87.7. The molecule has 0 aliphatic carbocycles. The minimum atomic E-state index is -4.58. The maximum Gasteiger partial charge on any atom is 0.416 e. The van der Waals surface area contributed by atoms with E-state index in [-0.39, 0.29) is 28.8 Å². The summed E-state index contributed by atoms with van der Waals surface area (Å²) in [4.78, 5) is 11.2. The minimum Gasteiger partial charge on any atom is -0.493 e. The van der Waals surface area contributed by atoms with Crippen molar-refractivity contribution in [2.45, 2.75) is 23.4 Å². The van der Waals surface area contributed by atoms with Crippen molar-refractivity contribution in [1.82, 2.24) is 15.0 Å². The Morgan fingerprint density at radius 1 is 0.946 bits per heavy atom. The number of nitrogens with zero attached hydrogens (tertiary/aromatic N) is 3. The Morgan fingerprint density at radius 2 is 1.70 bits per heavy atom. The average molecular weight is 531 g/mol. The van der Waals surface area contributed by atoms with E-state index in [4.69, 9.17) is 4.74 Å². The van der Waals surface area contributed by atoms with Gasteiger partial charge in [0.2, 0.25) is 11.9 Å². The second-order valence-corrected chi connectivity index (χ2v) is 9.92. The molecule has 3 heterocycles. The number of fused-ring (bicyclic) bond motifs is 1. The molecule has 1 aliphatic rings. The third-order valence-electron chi connectivity index (χ3n) is 5.92. The Balaban J connectivity index is 1.56. The zero-order valence-corrected chi connectivity index (χ0v) is 19.7. The predicted octanol–water partition coefficient (Wildman–Crippen LogP) is 5.41. The molecule has 0 unspecified atom stereocenters. The van der Waals surface area contributed by atoms with Crippen molar-refractivity contribution in [3.05, 3.63) is 95.8 Å². The van der Waals surface area contributed by atoms with Gasteiger partial charge in [0.25, 0.3) is 10.0 Å². The second-order valence-electron chi connectivity index (χ2n) is 8.24. The van der Waals surface area contributed by atoms with Crippen molar-refractivity contribution in [3.8, 4) is 16.9 Å². The third kappa shape index (κ3) is 5.10. The molecule has 0 spiro atoms. The summed E-state index contributed by atoms with van der Waals surface area (Å²) in [6.45, 7) is 0.207. The molecule has 4 aromatic rings. The van der Waals surface area contributed by atoms with Gasteiger partial charge in [-0.15, -0.1) is 0 Å². The van der Waals surface area contributed by atoms with Gasteiger partial charge < -0.3 is 4.74 Å². The van der Waals surface area contributed by atoms with Crippen molar-refractivity contribution in [3.63, 3.8) is 0 Å². The van der Waals surface area contributed by atoms with E-state index < -0.39 is 33.6 Å². The van der Waals surface area contributed by atoms with Gasteiger partial charge in [-0.2, -0.15) is 17.6 Å². The highest BCUT2D eigenvalue weighted by molar-refractivity contribution is 7.92. The van der Waals surface area contributed by atoms with Crippen LogP contribution in [0.4, 0.5) is 23.5 Å². The van der Waals surface area contributed by atoms with Crippen LogP contribution in [0.5, 0.6) is 5.75 Å². The molecule has 0 saturated carbocycles. The largest absolute Gasteiger partial charge is 0.493 e. The summed E-state index contributed by atoms with van der Waals surface area (Å²) in [5.74, 6) is -0.970. The van der Waals surface area contributed by atoms with Gasteiger partial charge in [0, 0.05) is 41.7 Å². The molecule has 0 fully saturated rings. The molecular formula is C25H18F4N4O3S. The molecule has 1 N–H and O–H groups in total. The van der Waals surface area contributed by atoms with Gasteiger partial charge in [-0.25, -0.2) is 28.1 Å². The lowest BCUT2D eigenvalue weighted by Gasteiger charge is -2.29. The summed E-state index contributed by atoms with van der Waals surface area (Å²) in [7, 11) is -4.03. The molecule has 0 bridgehead atoms. The van der Waals surface area contributed by atoms with E-state index in [1.54, 1.807) is 12.1 Å². The second kappa shape index (κ2) is 9.43. The van der Waals surface area contributed by atoms with Gasteiger partial charge in [-0.1, -0.05) is 12.1 Å². The first kappa shape index (κ1) is 24.6. The van der Waals surface area contributed by atoms with E-state index in [1.807, 2.05) is 0 Å². The molecule has 5 rings (SSSR count). The maximum absolute atomic E-state index is 13.5. The molecule has 0 amide bonds. The zero-order chi connectivity index (χ0) is 26.2. The molecule has 2 aromatic carbocycles. The van der Waals surface area contributed by atoms with Crippen molar-refractivity contribution in [1.29, 1.82) is 0 Å². The van der Waals surface area contributed by atoms with Crippen LogP contribution in [-0.2, 0) is 16.2 Å². The molecule has 1 atom stereocenters. The molecule has 0 radical (unpaired) electrons. The van der Waals surface area contributed by atoms with Crippen LogP contribution >= 0.6 is 0 Å². The predicted molar refractivity (Wildman–Crippen MR) is 126 cm³/mol. The molecule has 190 valence electrons. The summed E-state index contributed by atoms with van der Waals surface area (Å²) in [6, 6.07) is 11.7. The molecule has 2 aromatic heterocycles. The number of aromatic nitrogens is 3. The average Bonchev–Trinajstić information content (AvgIpc) is 2.88. The standard InChI is InChI=1S/C25H18F4N4O3S/c26-23-7-2-15(14-32-23)21-12-16(25(27,28)29)3-5-18(21)19-8-11-36-22-13-17(4-6-20(19)22)37(34,35)33-24-30-9-1-10-31-24/h1-7,9-10,12-14,19H,8,11H2,(H,30,31,33)/t19-/m0/s1. The molecule has 1 aliphatic heterocycles. The van der Waals surface area contributed by atoms with E-state index in [9.17, 15) is 26.0 Å². The first-order chi connectivity index (χ1) is 17.6. The number of alkyl halides is 3. The minimum absolute atomic E-state index is 0.0882. The fourth-order valence-electron chi connectivity index (χ4n) is 4.21. The Labute approximate surface area is 209 Å². The van der Waals surface area contributed by atoms with Crippen LogP contribution in [0.3, 0.4) is 0 Å². The topological polar surface area (TPSA) is 94.1 Å². The lowest BCUT2D eigenvalue weighted by Crippen LogP contribution is -2.19.